The van der Waals surface area contributed by atoms with E-state index in [0.717, 1.165) is 11.1 Å². The highest BCUT2D eigenvalue weighted by Gasteiger charge is 2.03. The first-order valence-electron chi connectivity index (χ1n) is 6.71. The Kier molecular flexibility index (Phi) is 5.19. The van der Waals surface area contributed by atoms with E-state index in [9.17, 15) is 10.1 Å². The molecule has 0 bridgehead atoms. The van der Waals surface area contributed by atoms with E-state index < -0.39 is 4.92 Å². The average molecular weight is 309 g/mol. The van der Waals surface area contributed by atoms with Crippen molar-refractivity contribution >= 4 is 23.4 Å². The normalized spacial score (nSPS) is 11.4. The Morgan fingerprint density at radius 3 is 2.22 bits per heavy atom. The third-order valence-corrected chi connectivity index (χ3v) is 2.88. The van der Waals surface area contributed by atoms with Gasteiger partial charge in [-0.3, -0.25) is 10.1 Å². The van der Waals surface area contributed by atoms with Gasteiger partial charge in [0.1, 0.15) is 0 Å². The molecule has 2 aromatic carbocycles. The summed E-state index contributed by atoms with van der Waals surface area (Å²) in [5.41, 5.74) is 12.9. The Morgan fingerprint density at radius 1 is 1.00 bits per heavy atom. The minimum atomic E-state index is -0.441. The van der Waals surface area contributed by atoms with Crippen molar-refractivity contribution in [3.63, 3.8) is 0 Å². The minimum absolute atomic E-state index is 0.0413. The molecule has 0 fully saturated rings. The lowest BCUT2D eigenvalue weighted by Gasteiger charge is -2.00. The van der Waals surface area contributed by atoms with Crippen LogP contribution in [0.25, 0.3) is 6.08 Å². The lowest BCUT2D eigenvalue weighted by molar-refractivity contribution is -0.384. The van der Waals surface area contributed by atoms with Crippen LogP contribution in [0.4, 0.5) is 5.69 Å². The van der Waals surface area contributed by atoms with Gasteiger partial charge in [-0.15, -0.1) is 10.2 Å². The van der Waals surface area contributed by atoms with Crippen LogP contribution in [-0.2, 0) is 0 Å². The second-order valence-electron chi connectivity index (χ2n) is 4.56. The molecule has 116 valence electrons. The lowest BCUT2D eigenvalue weighted by atomic mass is 10.1. The first-order chi connectivity index (χ1) is 11.1. The van der Waals surface area contributed by atoms with E-state index in [2.05, 4.69) is 10.2 Å². The minimum Gasteiger partial charge on any atom is -0.369 e. The van der Waals surface area contributed by atoms with Crippen LogP contribution < -0.4 is 11.5 Å². The summed E-state index contributed by atoms with van der Waals surface area (Å²) in [6.45, 7) is 0. The molecule has 2 aromatic rings. The predicted molar refractivity (Wildman–Crippen MR) is 90.9 cm³/mol. The summed E-state index contributed by atoms with van der Waals surface area (Å²) in [5, 5.41) is 18.3. The Bertz CT molecular complexity index is 761. The molecule has 0 unspecified atom stereocenters. The number of hydrogen-bond donors (Lipinski definition) is 2. The number of benzene rings is 2. The van der Waals surface area contributed by atoms with E-state index in [-0.39, 0.29) is 11.6 Å². The summed E-state index contributed by atoms with van der Waals surface area (Å²) in [6, 6.07) is 15.6. The first kappa shape index (κ1) is 15.9. The smallest absolute Gasteiger partial charge is 0.269 e. The number of guanidine groups is 1. The summed E-state index contributed by atoms with van der Waals surface area (Å²) in [7, 11) is 0. The molecule has 0 spiro atoms. The van der Waals surface area contributed by atoms with Gasteiger partial charge in [0.25, 0.3) is 5.69 Å². The van der Waals surface area contributed by atoms with E-state index in [1.54, 1.807) is 24.3 Å². The zero-order valence-electron chi connectivity index (χ0n) is 12.2. The molecule has 7 heteroatoms. The fourth-order valence-corrected chi connectivity index (χ4v) is 1.79. The van der Waals surface area contributed by atoms with E-state index in [4.69, 9.17) is 11.5 Å². The molecule has 0 radical (unpaired) electrons. The van der Waals surface area contributed by atoms with Crippen molar-refractivity contribution in [1.29, 1.82) is 0 Å². The fraction of sp³-hybridized carbons (Fsp3) is 0. The van der Waals surface area contributed by atoms with Crippen LogP contribution >= 0.6 is 0 Å². The highest BCUT2D eigenvalue weighted by molar-refractivity contribution is 6.10. The summed E-state index contributed by atoms with van der Waals surface area (Å²) in [6.07, 6.45) is 3.51. The van der Waals surface area contributed by atoms with Crippen molar-refractivity contribution in [3.8, 4) is 0 Å². The fourth-order valence-electron chi connectivity index (χ4n) is 1.79. The molecule has 0 aliphatic heterocycles. The number of nitrogens with two attached hydrogens (primary N) is 2. The Balaban J connectivity index is 2.28. The molecule has 0 saturated carbocycles. The summed E-state index contributed by atoms with van der Waals surface area (Å²) in [5.74, 6) is -0.137. The maximum atomic E-state index is 10.6. The maximum absolute atomic E-state index is 10.6. The number of hydrogen-bond acceptors (Lipinski definition) is 4. The molecule has 0 aliphatic rings. The third kappa shape index (κ3) is 4.78. The first-order valence-corrected chi connectivity index (χ1v) is 6.71. The quantitative estimate of drug-likeness (QED) is 0.381. The highest BCUT2D eigenvalue weighted by Crippen LogP contribution is 2.13. The molecule has 0 saturated heterocycles. The standard InChI is InChI=1S/C16H15N5O2/c17-16(18)20-19-15(13-4-2-1-3-5-13)11-8-12-6-9-14(10-7-12)21(22)23/h1-11H,(H4,17,18,20). The summed E-state index contributed by atoms with van der Waals surface area (Å²) < 4.78 is 0. The number of rotatable bonds is 5. The summed E-state index contributed by atoms with van der Waals surface area (Å²) in [4.78, 5) is 10.2. The molecule has 0 heterocycles. The number of non-ortho nitro benzene ring substituents is 1. The van der Waals surface area contributed by atoms with Crippen molar-refractivity contribution in [1.82, 2.24) is 0 Å². The van der Waals surface area contributed by atoms with Crippen LogP contribution in [-0.4, -0.2) is 16.6 Å². The van der Waals surface area contributed by atoms with Crippen molar-refractivity contribution in [2.45, 2.75) is 0 Å². The number of nitrogens with zero attached hydrogens (tertiary/aromatic N) is 3. The Morgan fingerprint density at radius 2 is 1.65 bits per heavy atom. The molecule has 2 rings (SSSR count). The molecule has 0 amide bonds. The number of nitro benzene ring substituents is 1. The van der Waals surface area contributed by atoms with Crippen LogP contribution in [0.1, 0.15) is 11.1 Å². The average Bonchev–Trinajstić information content (AvgIpc) is 2.56. The second kappa shape index (κ2) is 7.51. The van der Waals surface area contributed by atoms with Crippen molar-refractivity contribution in [2.24, 2.45) is 21.7 Å². The van der Waals surface area contributed by atoms with E-state index >= 15 is 0 Å². The molecule has 0 aliphatic carbocycles. The second-order valence-corrected chi connectivity index (χ2v) is 4.56. The molecule has 7 nitrogen and oxygen atoms in total. The van der Waals surface area contributed by atoms with Crippen molar-refractivity contribution < 1.29 is 4.92 Å². The molecule has 4 N–H and O–H groups in total. The van der Waals surface area contributed by atoms with Gasteiger partial charge in [-0.25, -0.2) is 0 Å². The summed E-state index contributed by atoms with van der Waals surface area (Å²) >= 11 is 0. The van der Waals surface area contributed by atoms with Gasteiger partial charge in [0, 0.05) is 17.7 Å². The Labute approximate surface area is 132 Å². The van der Waals surface area contributed by atoms with Crippen LogP contribution in [0.3, 0.4) is 0 Å². The third-order valence-electron chi connectivity index (χ3n) is 2.88. The van der Waals surface area contributed by atoms with Gasteiger partial charge in [-0.05, 0) is 23.8 Å². The van der Waals surface area contributed by atoms with Crippen LogP contribution in [0.5, 0.6) is 0 Å². The van der Waals surface area contributed by atoms with E-state index in [1.807, 2.05) is 30.3 Å². The SMILES string of the molecule is NC(N)=NN=C(C=Cc1ccc([N+](=O)[O-])cc1)c1ccccc1. The topological polar surface area (TPSA) is 120 Å². The largest absolute Gasteiger partial charge is 0.369 e. The zero-order valence-corrected chi connectivity index (χ0v) is 12.2. The molecular weight excluding hydrogens is 294 g/mol. The highest BCUT2D eigenvalue weighted by atomic mass is 16.6. The van der Waals surface area contributed by atoms with E-state index in [0.29, 0.717) is 5.71 Å². The number of nitro groups is 1. The van der Waals surface area contributed by atoms with Gasteiger partial charge in [0.05, 0.1) is 10.6 Å². The van der Waals surface area contributed by atoms with Gasteiger partial charge in [-0.1, -0.05) is 36.4 Å². The lowest BCUT2D eigenvalue weighted by Crippen LogP contribution is -2.22. The van der Waals surface area contributed by atoms with Crippen LogP contribution in [0, 0.1) is 10.1 Å². The van der Waals surface area contributed by atoms with E-state index in [1.165, 1.54) is 12.1 Å². The van der Waals surface area contributed by atoms with Crippen LogP contribution in [0.15, 0.2) is 70.9 Å². The monoisotopic (exact) mass is 309 g/mol. The van der Waals surface area contributed by atoms with Crippen molar-refractivity contribution in [3.05, 3.63) is 81.9 Å². The number of allylic oxidation sites excluding steroid dienone is 1. The van der Waals surface area contributed by atoms with Gasteiger partial charge in [-0.2, -0.15) is 0 Å². The molecule has 0 atom stereocenters. The van der Waals surface area contributed by atoms with Gasteiger partial charge >= 0.3 is 0 Å². The van der Waals surface area contributed by atoms with Gasteiger partial charge < -0.3 is 11.5 Å². The maximum Gasteiger partial charge on any atom is 0.269 e. The van der Waals surface area contributed by atoms with Gasteiger partial charge in [0.15, 0.2) is 0 Å². The Hall–Kier alpha value is -3.48. The predicted octanol–water partition coefficient (Wildman–Crippen LogP) is 2.29. The molecular formula is C16H15N5O2. The van der Waals surface area contributed by atoms with Crippen molar-refractivity contribution in [2.75, 3.05) is 0 Å². The molecule has 0 aromatic heterocycles. The van der Waals surface area contributed by atoms with Crippen LogP contribution in [0.2, 0.25) is 0 Å². The zero-order chi connectivity index (χ0) is 16.7. The van der Waals surface area contributed by atoms with Gasteiger partial charge in [0.2, 0.25) is 5.96 Å². The molecule has 23 heavy (non-hydrogen) atoms.